The Labute approximate surface area is 117 Å². The van der Waals surface area contributed by atoms with Gasteiger partial charge in [-0.25, -0.2) is 13.2 Å². The van der Waals surface area contributed by atoms with Gasteiger partial charge in [0.05, 0.1) is 35.8 Å². The second-order valence-electron chi connectivity index (χ2n) is 4.70. The fourth-order valence-corrected chi connectivity index (χ4v) is 3.87. The molecule has 2 N–H and O–H groups in total. The number of aliphatic hydroxyl groups excluding tert-OH is 1. The maximum Gasteiger partial charge on any atom is 0.338 e. The number of ether oxygens (including phenoxy) is 1. The second-order valence-corrected chi connectivity index (χ2v) is 6.85. The van der Waals surface area contributed by atoms with Crippen molar-refractivity contribution < 1.29 is 23.1 Å². The third-order valence-corrected chi connectivity index (χ3v) is 4.76. The molecule has 110 valence electrons. The minimum Gasteiger partial charge on any atom is -0.462 e. The van der Waals surface area contributed by atoms with Crippen LogP contribution in [0.3, 0.4) is 0 Å². The van der Waals surface area contributed by atoms with Crippen molar-refractivity contribution >= 4 is 21.5 Å². The third-order valence-electron chi connectivity index (χ3n) is 3.05. The van der Waals surface area contributed by atoms with Crippen LogP contribution in [0.4, 0.5) is 5.69 Å². The molecule has 0 spiro atoms. The minimum atomic E-state index is -3.20. The van der Waals surface area contributed by atoms with Crippen molar-refractivity contribution in [3.63, 3.8) is 0 Å². The van der Waals surface area contributed by atoms with Crippen molar-refractivity contribution in [2.75, 3.05) is 23.4 Å². The highest BCUT2D eigenvalue weighted by Gasteiger charge is 2.36. The van der Waals surface area contributed by atoms with E-state index in [0.717, 1.165) is 0 Å². The zero-order valence-electron chi connectivity index (χ0n) is 11.1. The van der Waals surface area contributed by atoms with Gasteiger partial charge in [-0.05, 0) is 25.1 Å². The number of carbonyl (C=O) groups is 1. The van der Waals surface area contributed by atoms with Crippen molar-refractivity contribution in [1.29, 1.82) is 0 Å². The molecule has 1 aliphatic heterocycles. The largest absolute Gasteiger partial charge is 0.462 e. The molecular formula is C13H17NO5S. The number of sulfone groups is 1. The van der Waals surface area contributed by atoms with Crippen LogP contribution < -0.4 is 5.32 Å². The lowest BCUT2D eigenvalue weighted by Gasteiger charge is -2.16. The van der Waals surface area contributed by atoms with E-state index in [1.54, 1.807) is 31.2 Å². The van der Waals surface area contributed by atoms with Crippen molar-refractivity contribution in [1.82, 2.24) is 0 Å². The zero-order valence-corrected chi connectivity index (χ0v) is 11.9. The summed E-state index contributed by atoms with van der Waals surface area (Å²) in [6.07, 6.45) is -0.939. The lowest BCUT2D eigenvalue weighted by molar-refractivity contribution is 0.0526. The van der Waals surface area contributed by atoms with E-state index in [1.807, 2.05) is 0 Å². The predicted octanol–water partition coefficient (Wildman–Crippen LogP) is 0.433. The van der Waals surface area contributed by atoms with Crippen LogP contribution in [-0.2, 0) is 14.6 Å². The van der Waals surface area contributed by atoms with E-state index in [1.165, 1.54) is 0 Å². The molecule has 7 heteroatoms. The lowest BCUT2D eigenvalue weighted by Crippen LogP contribution is -2.31. The summed E-state index contributed by atoms with van der Waals surface area (Å²) in [4.78, 5) is 11.6. The highest BCUT2D eigenvalue weighted by Crippen LogP contribution is 2.19. The van der Waals surface area contributed by atoms with E-state index in [0.29, 0.717) is 11.3 Å². The van der Waals surface area contributed by atoms with Crippen LogP contribution in [0.5, 0.6) is 0 Å². The molecule has 0 radical (unpaired) electrons. The van der Waals surface area contributed by atoms with Crippen LogP contribution in [0.25, 0.3) is 0 Å². The molecule has 0 aromatic heterocycles. The molecule has 1 aliphatic rings. The number of aliphatic hydroxyl groups is 1. The average Bonchev–Trinajstić information content (AvgIpc) is 2.63. The average molecular weight is 299 g/mol. The predicted molar refractivity (Wildman–Crippen MR) is 74.5 cm³/mol. The van der Waals surface area contributed by atoms with E-state index < -0.39 is 28.0 Å². The fraction of sp³-hybridized carbons (Fsp3) is 0.462. The first-order valence-electron chi connectivity index (χ1n) is 6.33. The minimum absolute atomic E-state index is 0.113. The summed E-state index contributed by atoms with van der Waals surface area (Å²) >= 11 is 0. The molecule has 1 aromatic rings. The number of hydrogen-bond donors (Lipinski definition) is 2. The van der Waals surface area contributed by atoms with E-state index in [4.69, 9.17) is 4.74 Å². The van der Waals surface area contributed by atoms with Crippen molar-refractivity contribution in [3.8, 4) is 0 Å². The maximum absolute atomic E-state index is 11.6. The SMILES string of the molecule is CCOC(=O)c1cccc(N[C@@H]2CS(=O)(=O)C[C@@H]2O)c1. The zero-order chi connectivity index (χ0) is 14.8. The molecule has 0 aliphatic carbocycles. The van der Waals surface area contributed by atoms with Gasteiger partial charge in [0.25, 0.3) is 0 Å². The van der Waals surface area contributed by atoms with Gasteiger partial charge >= 0.3 is 5.97 Å². The molecular weight excluding hydrogens is 282 g/mol. The van der Waals surface area contributed by atoms with Crippen molar-refractivity contribution in [2.24, 2.45) is 0 Å². The van der Waals surface area contributed by atoms with Crippen LogP contribution in [-0.4, -0.2) is 49.8 Å². The normalized spacial score (nSPS) is 24.3. The van der Waals surface area contributed by atoms with Gasteiger partial charge in [-0.3, -0.25) is 0 Å². The summed E-state index contributed by atoms with van der Waals surface area (Å²) in [6, 6.07) is 6.02. The molecule has 6 nitrogen and oxygen atoms in total. The maximum atomic E-state index is 11.6. The number of carbonyl (C=O) groups excluding carboxylic acids is 1. The second kappa shape index (κ2) is 5.80. The summed E-state index contributed by atoms with van der Waals surface area (Å²) in [5.74, 6) is -0.782. The summed E-state index contributed by atoms with van der Waals surface area (Å²) in [5.41, 5.74) is 0.962. The van der Waals surface area contributed by atoms with Crippen molar-refractivity contribution in [2.45, 2.75) is 19.1 Å². The van der Waals surface area contributed by atoms with Crippen LogP contribution in [0.1, 0.15) is 17.3 Å². The molecule has 1 fully saturated rings. The fourth-order valence-electron chi connectivity index (χ4n) is 2.13. The number of rotatable bonds is 4. The Balaban J connectivity index is 2.11. The van der Waals surface area contributed by atoms with Crippen molar-refractivity contribution in [3.05, 3.63) is 29.8 Å². The standard InChI is InChI=1S/C13H17NO5S/c1-2-19-13(16)9-4-3-5-10(6-9)14-11-7-20(17,18)8-12(11)15/h3-6,11-12,14-15H,2,7-8H2,1H3/t11-,12+/m1/s1. The van der Waals surface area contributed by atoms with E-state index in [2.05, 4.69) is 5.32 Å². The van der Waals surface area contributed by atoms with Gasteiger partial charge in [0, 0.05) is 5.69 Å². The highest BCUT2D eigenvalue weighted by atomic mass is 32.2. The Morgan fingerprint density at radius 3 is 2.80 bits per heavy atom. The molecule has 0 saturated carbocycles. The van der Waals surface area contributed by atoms with Gasteiger partial charge in [-0.2, -0.15) is 0 Å². The summed E-state index contributed by atoms with van der Waals surface area (Å²) in [5, 5.41) is 12.7. The molecule has 1 aromatic carbocycles. The van der Waals surface area contributed by atoms with Crippen LogP contribution in [0.15, 0.2) is 24.3 Å². The quantitative estimate of drug-likeness (QED) is 0.783. The molecule has 20 heavy (non-hydrogen) atoms. The molecule has 1 saturated heterocycles. The number of hydrogen-bond acceptors (Lipinski definition) is 6. The van der Waals surface area contributed by atoms with Gasteiger partial charge in [0.15, 0.2) is 9.84 Å². The van der Waals surface area contributed by atoms with Gasteiger partial charge in [0.1, 0.15) is 0 Å². The summed E-state index contributed by atoms with van der Waals surface area (Å²) in [6.45, 7) is 2.01. The molecule has 2 rings (SSSR count). The van der Waals surface area contributed by atoms with Gasteiger partial charge in [-0.15, -0.1) is 0 Å². The highest BCUT2D eigenvalue weighted by molar-refractivity contribution is 7.91. The number of anilines is 1. The third kappa shape index (κ3) is 3.49. The van der Waals surface area contributed by atoms with Gasteiger partial charge in [0.2, 0.25) is 0 Å². The molecule has 2 atom stereocenters. The molecule has 0 bridgehead atoms. The Morgan fingerprint density at radius 1 is 1.45 bits per heavy atom. The van der Waals surface area contributed by atoms with Crippen LogP contribution in [0.2, 0.25) is 0 Å². The first-order chi connectivity index (χ1) is 9.41. The summed E-state index contributed by atoms with van der Waals surface area (Å²) < 4.78 is 27.8. The lowest BCUT2D eigenvalue weighted by atomic mass is 10.1. The summed E-state index contributed by atoms with van der Waals surface area (Å²) in [7, 11) is -3.20. The van der Waals surface area contributed by atoms with E-state index >= 15 is 0 Å². The number of esters is 1. The number of benzene rings is 1. The number of nitrogens with one attached hydrogen (secondary N) is 1. The molecule has 0 unspecified atom stereocenters. The topological polar surface area (TPSA) is 92.7 Å². The first kappa shape index (κ1) is 14.8. The van der Waals surface area contributed by atoms with E-state index in [9.17, 15) is 18.3 Å². The Kier molecular flexibility index (Phi) is 4.29. The van der Waals surface area contributed by atoms with Crippen LogP contribution >= 0.6 is 0 Å². The van der Waals surface area contributed by atoms with E-state index in [-0.39, 0.29) is 18.1 Å². The van der Waals surface area contributed by atoms with Gasteiger partial charge in [-0.1, -0.05) is 6.07 Å². The van der Waals surface area contributed by atoms with Gasteiger partial charge < -0.3 is 15.2 Å². The monoisotopic (exact) mass is 299 g/mol. The molecule has 1 heterocycles. The smallest absolute Gasteiger partial charge is 0.338 e. The molecule has 0 amide bonds. The Morgan fingerprint density at radius 2 is 2.20 bits per heavy atom. The van der Waals surface area contributed by atoms with Crippen LogP contribution in [0, 0.1) is 0 Å². The first-order valence-corrected chi connectivity index (χ1v) is 8.15. The Bertz CT molecular complexity index is 599. The Hall–Kier alpha value is -1.60.